The van der Waals surface area contributed by atoms with Crippen molar-refractivity contribution in [1.29, 1.82) is 0 Å². The van der Waals surface area contributed by atoms with Crippen molar-refractivity contribution in [2.24, 2.45) is 0 Å². The van der Waals surface area contributed by atoms with E-state index in [1.54, 1.807) is 12.1 Å². The van der Waals surface area contributed by atoms with E-state index in [1.165, 1.54) is 12.1 Å². The third kappa shape index (κ3) is 4.43. The van der Waals surface area contributed by atoms with Gasteiger partial charge in [-0.2, -0.15) is 13.2 Å². The molecule has 0 bridgehead atoms. The molecule has 2 rings (SSSR count). The summed E-state index contributed by atoms with van der Waals surface area (Å²) in [6.45, 7) is 0.128. The molecule has 1 fully saturated rings. The Hall–Kier alpha value is -2.12. The van der Waals surface area contributed by atoms with Crippen molar-refractivity contribution in [3.05, 3.63) is 35.6 Å². The van der Waals surface area contributed by atoms with Crippen molar-refractivity contribution in [1.82, 2.24) is 10.2 Å². The lowest BCUT2D eigenvalue weighted by molar-refractivity contribution is -0.186. The first-order valence-corrected chi connectivity index (χ1v) is 7.19. The van der Waals surface area contributed by atoms with Crippen molar-refractivity contribution in [2.45, 2.75) is 31.5 Å². The Morgan fingerprint density at radius 3 is 2.48 bits per heavy atom. The monoisotopic (exact) mass is 332 g/mol. The molecule has 8 heteroatoms. The van der Waals surface area contributed by atoms with Crippen LogP contribution < -0.4 is 5.32 Å². The Kier molecular flexibility index (Phi) is 5.23. The summed E-state index contributed by atoms with van der Waals surface area (Å²) in [7, 11) is 0. The summed E-state index contributed by atoms with van der Waals surface area (Å²) in [5.74, 6) is -2.94. The molecule has 1 unspecified atom stereocenters. The van der Waals surface area contributed by atoms with E-state index >= 15 is 0 Å². The molecule has 1 aromatic rings. The van der Waals surface area contributed by atoms with Gasteiger partial charge >= 0.3 is 12.1 Å². The lowest BCUT2D eigenvalue weighted by Crippen LogP contribution is -2.50. The third-order valence-corrected chi connectivity index (χ3v) is 3.68. The lowest BCUT2D eigenvalue weighted by Gasteiger charge is -2.24. The molecule has 1 N–H and O–H groups in total. The van der Waals surface area contributed by atoms with Gasteiger partial charge in [0.05, 0.1) is 0 Å². The van der Waals surface area contributed by atoms with Crippen LogP contribution in [0.1, 0.15) is 18.4 Å². The molecule has 0 spiro atoms. The Morgan fingerprint density at radius 1 is 1.22 bits per heavy atom. The van der Waals surface area contributed by atoms with Gasteiger partial charge in [0.1, 0.15) is 11.9 Å². The fourth-order valence-electron chi connectivity index (χ4n) is 2.54. The average molecular weight is 332 g/mol. The summed E-state index contributed by atoms with van der Waals surface area (Å²) in [5.41, 5.74) is 0.793. The zero-order valence-electron chi connectivity index (χ0n) is 12.2. The number of benzene rings is 1. The predicted molar refractivity (Wildman–Crippen MR) is 73.9 cm³/mol. The van der Waals surface area contributed by atoms with E-state index < -0.39 is 24.0 Å². The maximum atomic E-state index is 12.8. The maximum absolute atomic E-state index is 12.8. The van der Waals surface area contributed by atoms with Crippen molar-refractivity contribution < 1.29 is 27.2 Å². The summed E-state index contributed by atoms with van der Waals surface area (Å²) in [6.07, 6.45) is -3.98. The number of carbonyl (C=O) groups is 2. The van der Waals surface area contributed by atoms with E-state index in [0.717, 1.165) is 5.56 Å². The van der Waals surface area contributed by atoms with Crippen LogP contribution in [0.5, 0.6) is 0 Å². The molecule has 126 valence electrons. The molecule has 1 aliphatic rings. The second kappa shape index (κ2) is 6.97. The standard InChI is InChI=1S/C15H16F4N2O2/c16-11-5-3-10(4-6-11)7-8-20-13(22)12-2-1-9-21(12)14(23)15(17,18)19/h3-6,12H,1-2,7-9H2,(H,20,22). The van der Waals surface area contributed by atoms with Gasteiger partial charge in [-0.05, 0) is 37.0 Å². The second-order valence-electron chi connectivity index (χ2n) is 5.32. The highest BCUT2D eigenvalue weighted by molar-refractivity contribution is 5.90. The minimum atomic E-state index is -4.98. The molecule has 0 radical (unpaired) electrons. The number of rotatable bonds is 4. The van der Waals surface area contributed by atoms with Crippen LogP contribution in [0, 0.1) is 5.82 Å². The van der Waals surface area contributed by atoms with Crippen molar-refractivity contribution >= 4 is 11.8 Å². The van der Waals surface area contributed by atoms with Gasteiger partial charge in [-0.1, -0.05) is 12.1 Å². The number of nitrogens with one attached hydrogen (secondary N) is 1. The lowest BCUT2D eigenvalue weighted by atomic mass is 10.1. The van der Waals surface area contributed by atoms with Gasteiger partial charge in [-0.15, -0.1) is 0 Å². The van der Waals surface area contributed by atoms with Crippen LogP contribution in [0.2, 0.25) is 0 Å². The Labute approximate surface area is 130 Å². The number of amides is 2. The summed E-state index contributed by atoms with van der Waals surface area (Å²) >= 11 is 0. The molecule has 1 saturated heterocycles. The fraction of sp³-hybridized carbons (Fsp3) is 0.467. The number of alkyl halides is 3. The van der Waals surface area contributed by atoms with Gasteiger partial charge in [-0.3, -0.25) is 9.59 Å². The number of hydrogen-bond donors (Lipinski definition) is 1. The van der Waals surface area contributed by atoms with E-state index in [-0.39, 0.29) is 25.3 Å². The van der Waals surface area contributed by atoms with Crippen molar-refractivity contribution in [2.75, 3.05) is 13.1 Å². The second-order valence-corrected chi connectivity index (χ2v) is 5.32. The largest absolute Gasteiger partial charge is 0.471 e. The van der Waals surface area contributed by atoms with Gasteiger partial charge in [0.25, 0.3) is 0 Å². The SMILES string of the molecule is O=C(NCCc1ccc(F)cc1)C1CCCN1C(=O)C(F)(F)F. The number of carbonyl (C=O) groups excluding carboxylic acids is 2. The van der Waals surface area contributed by atoms with E-state index in [4.69, 9.17) is 0 Å². The molecule has 0 aliphatic carbocycles. The fourth-order valence-corrected chi connectivity index (χ4v) is 2.54. The zero-order valence-corrected chi connectivity index (χ0v) is 12.2. The van der Waals surface area contributed by atoms with Crippen LogP contribution in [0.15, 0.2) is 24.3 Å². The molecule has 2 amide bonds. The number of hydrogen-bond acceptors (Lipinski definition) is 2. The Bertz CT molecular complexity index is 572. The van der Waals surface area contributed by atoms with Gasteiger partial charge < -0.3 is 10.2 Å². The molecule has 4 nitrogen and oxygen atoms in total. The summed E-state index contributed by atoms with van der Waals surface area (Å²) < 4.78 is 50.2. The van der Waals surface area contributed by atoms with E-state index in [9.17, 15) is 27.2 Å². The zero-order chi connectivity index (χ0) is 17.0. The van der Waals surface area contributed by atoms with Crippen LogP contribution in [0.3, 0.4) is 0 Å². The van der Waals surface area contributed by atoms with Gasteiger partial charge in [0.2, 0.25) is 5.91 Å². The van der Waals surface area contributed by atoms with E-state index in [0.29, 0.717) is 17.7 Å². The number of halogens is 4. The molecule has 1 atom stereocenters. The first-order chi connectivity index (χ1) is 10.8. The smallest absolute Gasteiger partial charge is 0.354 e. The molecule has 0 aromatic heterocycles. The first-order valence-electron chi connectivity index (χ1n) is 7.19. The molecular formula is C15H16F4N2O2. The highest BCUT2D eigenvalue weighted by Gasteiger charge is 2.47. The van der Waals surface area contributed by atoms with Gasteiger partial charge in [0, 0.05) is 13.1 Å². The molecule has 1 aromatic carbocycles. The van der Waals surface area contributed by atoms with E-state index in [2.05, 4.69) is 5.32 Å². The Morgan fingerprint density at radius 2 is 1.87 bits per heavy atom. The van der Waals surface area contributed by atoms with E-state index in [1.807, 2.05) is 0 Å². The molecular weight excluding hydrogens is 316 g/mol. The minimum absolute atomic E-state index is 0.0750. The van der Waals surface area contributed by atoms with Crippen LogP contribution >= 0.6 is 0 Å². The molecule has 1 aliphatic heterocycles. The van der Waals surface area contributed by atoms with Crippen molar-refractivity contribution in [3.63, 3.8) is 0 Å². The van der Waals surface area contributed by atoms with Gasteiger partial charge in [0.15, 0.2) is 0 Å². The summed E-state index contributed by atoms with van der Waals surface area (Å²) in [6, 6.07) is 4.63. The van der Waals surface area contributed by atoms with Crippen LogP contribution in [-0.2, 0) is 16.0 Å². The van der Waals surface area contributed by atoms with Gasteiger partial charge in [-0.25, -0.2) is 4.39 Å². The molecule has 23 heavy (non-hydrogen) atoms. The third-order valence-electron chi connectivity index (χ3n) is 3.68. The Balaban J connectivity index is 1.87. The first kappa shape index (κ1) is 17.2. The summed E-state index contributed by atoms with van der Waals surface area (Å²) in [5, 5.41) is 2.53. The minimum Gasteiger partial charge on any atom is -0.354 e. The highest BCUT2D eigenvalue weighted by Crippen LogP contribution is 2.25. The highest BCUT2D eigenvalue weighted by atomic mass is 19.4. The number of likely N-dealkylation sites (tertiary alicyclic amines) is 1. The molecule has 0 saturated carbocycles. The normalized spacial score (nSPS) is 18.1. The maximum Gasteiger partial charge on any atom is 0.471 e. The van der Waals surface area contributed by atoms with Crippen LogP contribution in [0.4, 0.5) is 17.6 Å². The average Bonchev–Trinajstić information content (AvgIpc) is 2.96. The van der Waals surface area contributed by atoms with Crippen LogP contribution in [-0.4, -0.2) is 42.0 Å². The molecule has 1 heterocycles. The van der Waals surface area contributed by atoms with Crippen molar-refractivity contribution in [3.8, 4) is 0 Å². The summed E-state index contributed by atoms with van der Waals surface area (Å²) in [4.78, 5) is 23.9. The predicted octanol–water partition coefficient (Wildman–Crippen LogP) is 2.04. The topological polar surface area (TPSA) is 49.4 Å². The number of nitrogens with zero attached hydrogens (tertiary/aromatic N) is 1. The van der Waals surface area contributed by atoms with Crippen LogP contribution in [0.25, 0.3) is 0 Å². The quantitative estimate of drug-likeness (QED) is 0.858.